The van der Waals surface area contributed by atoms with Gasteiger partial charge in [0.05, 0.1) is 11.1 Å². The molecule has 1 saturated carbocycles. The van der Waals surface area contributed by atoms with Crippen molar-refractivity contribution in [2.24, 2.45) is 17.6 Å². The number of hydrogen-bond donors (Lipinski definition) is 5. The highest BCUT2D eigenvalue weighted by Gasteiger charge is 2.60. The molecule has 190 valence electrons. The third-order valence-corrected chi connectivity index (χ3v) is 7.40. The average molecular weight is 495 g/mol. The first-order chi connectivity index (χ1) is 16.9. The maximum Gasteiger partial charge on any atom is 0.255 e. The number of nitrogens with two attached hydrogens (primary N) is 1. The van der Waals surface area contributed by atoms with Crippen LogP contribution in [0.4, 0.5) is 5.69 Å². The van der Waals surface area contributed by atoms with Crippen molar-refractivity contribution in [1.82, 2.24) is 0 Å². The molecule has 1 fully saturated rings. The van der Waals surface area contributed by atoms with Crippen molar-refractivity contribution < 1.29 is 34.8 Å². The third kappa shape index (κ3) is 3.64. The van der Waals surface area contributed by atoms with Gasteiger partial charge in [-0.3, -0.25) is 14.4 Å². The fourth-order valence-corrected chi connectivity index (χ4v) is 5.59. The summed E-state index contributed by atoms with van der Waals surface area (Å²) in [5.41, 5.74) is 3.34. The van der Waals surface area contributed by atoms with Crippen LogP contribution < -0.4 is 10.6 Å². The molecule has 0 radical (unpaired) electrons. The second kappa shape index (κ2) is 9.03. The van der Waals surface area contributed by atoms with Crippen LogP contribution in [0.15, 0.2) is 23.0 Å². The van der Waals surface area contributed by atoms with E-state index in [9.17, 15) is 34.8 Å². The van der Waals surface area contributed by atoms with Gasteiger partial charge in [0, 0.05) is 44.1 Å². The number of anilines is 1. The van der Waals surface area contributed by atoms with Crippen LogP contribution >= 0.6 is 0 Å². The lowest BCUT2D eigenvalue weighted by atomic mass is 9.59. The molecule has 3 aliphatic carbocycles. The minimum atomic E-state index is -2.58. The number of benzene rings is 1. The number of amides is 1. The number of carbonyl (C=O) groups excluding carboxylic acids is 3. The molecule has 0 aromatic heterocycles. The van der Waals surface area contributed by atoms with Crippen molar-refractivity contribution in [3.63, 3.8) is 0 Å². The standard InChI is InChI=1S/C27H30N2O7/c1-4-5-6-7-8-13-11-17(29(2)3)16-10-14-9-15-12-18(30)21(26(28)35)25(34)27(15,36)24(33)19(14)23(32)20(16)22(13)31/h11,14-15,31-32,34,36H,4-6,9-10,12H2,1-3H3,(H2,28,35). The Balaban J connectivity index is 1.92. The number of carbonyl (C=O) groups is 3. The Morgan fingerprint density at radius 2 is 1.92 bits per heavy atom. The maximum absolute atomic E-state index is 13.6. The maximum atomic E-state index is 13.6. The zero-order valence-corrected chi connectivity index (χ0v) is 20.5. The van der Waals surface area contributed by atoms with E-state index in [2.05, 4.69) is 11.8 Å². The van der Waals surface area contributed by atoms with Crippen LogP contribution in [0.25, 0.3) is 5.76 Å². The lowest BCUT2D eigenvalue weighted by Gasteiger charge is -2.46. The molecule has 4 rings (SSSR count). The van der Waals surface area contributed by atoms with E-state index in [1.165, 1.54) is 0 Å². The lowest BCUT2D eigenvalue weighted by molar-refractivity contribution is -0.147. The van der Waals surface area contributed by atoms with Crippen LogP contribution in [-0.4, -0.2) is 57.6 Å². The topological polar surface area (TPSA) is 161 Å². The van der Waals surface area contributed by atoms with Gasteiger partial charge < -0.3 is 31.1 Å². The minimum absolute atomic E-state index is 0.0492. The Morgan fingerprint density at radius 1 is 1.22 bits per heavy atom. The summed E-state index contributed by atoms with van der Waals surface area (Å²) >= 11 is 0. The molecule has 0 saturated heterocycles. The molecule has 0 heterocycles. The van der Waals surface area contributed by atoms with E-state index in [0.717, 1.165) is 12.8 Å². The molecule has 9 nitrogen and oxygen atoms in total. The number of phenols is 1. The molecule has 6 N–H and O–H groups in total. The zero-order valence-electron chi connectivity index (χ0n) is 20.5. The SMILES string of the molecule is CCCCC#Cc1cc(N(C)C)c2c(c1O)C(O)=C1C(=O)C3(O)C(O)=C(C(N)=O)C(=O)CC3CC1C2. The molecule has 3 aliphatic rings. The highest BCUT2D eigenvalue weighted by atomic mass is 16.3. The molecular formula is C27H30N2O7. The smallest absolute Gasteiger partial charge is 0.255 e. The Bertz CT molecular complexity index is 1310. The molecule has 0 aliphatic heterocycles. The highest BCUT2D eigenvalue weighted by Crippen LogP contribution is 2.53. The molecule has 3 unspecified atom stereocenters. The van der Waals surface area contributed by atoms with Crippen LogP contribution in [0, 0.1) is 23.7 Å². The van der Waals surface area contributed by atoms with Gasteiger partial charge in [-0.05, 0) is 36.8 Å². The number of ketones is 2. The number of hydrogen-bond acceptors (Lipinski definition) is 8. The number of phenolic OH excluding ortho intramolecular Hbond substituents is 1. The van der Waals surface area contributed by atoms with Crippen molar-refractivity contribution >= 4 is 28.9 Å². The van der Waals surface area contributed by atoms with Crippen molar-refractivity contribution in [1.29, 1.82) is 0 Å². The van der Waals surface area contributed by atoms with E-state index < -0.39 is 52.0 Å². The summed E-state index contributed by atoms with van der Waals surface area (Å²) in [5.74, 6) is -0.482. The number of fused-ring (bicyclic) bond motifs is 3. The predicted molar refractivity (Wildman–Crippen MR) is 132 cm³/mol. The Hall–Kier alpha value is -3.77. The Labute approximate surface area is 208 Å². The van der Waals surface area contributed by atoms with Gasteiger partial charge in [-0.1, -0.05) is 25.2 Å². The van der Waals surface area contributed by atoms with E-state index >= 15 is 0 Å². The van der Waals surface area contributed by atoms with Gasteiger partial charge in [0.2, 0.25) is 5.78 Å². The summed E-state index contributed by atoms with van der Waals surface area (Å²) in [7, 11) is 3.63. The van der Waals surface area contributed by atoms with E-state index in [0.29, 0.717) is 23.2 Å². The second-order valence-corrected chi connectivity index (χ2v) is 9.85. The molecule has 9 heteroatoms. The van der Waals surface area contributed by atoms with E-state index in [1.54, 1.807) is 6.07 Å². The number of primary amides is 1. The predicted octanol–water partition coefficient (Wildman–Crippen LogP) is 2.03. The number of rotatable bonds is 4. The van der Waals surface area contributed by atoms with Crippen LogP contribution in [0.5, 0.6) is 5.75 Å². The van der Waals surface area contributed by atoms with Gasteiger partial charge in [-0.2, -0.15) is 0 Å². The van der Waals surface area contributed by atoms with Gasteiger partial charge in [-0.25, -0.2) is 0 Å². The molecule has 36 heavy (non-hydrogen) atoms. The van der Waals surface area contributed by atoms with Crippen LogP contribution in [0.1, 0.15) is 55.7 Å². The van der Waals surface area contributed by atoms with Crippen molar-refractivity contribution in [3.05, 3.63) is 39.7 Å². The second-order valence-electron chi connectivity index (χ2n) is 9.85. The van der Waals surface area contributed by atoms with Crippen LogP contribution in [-0.2, 0) is 20.8 Å². The zero-order chi connectivity index (χ0) is 26.5. The largest absolute Gasteiger partial charge is 0.508 e. The Morgan fingerprint density at radius 3 is 2.53 bits per heavy atom. The van der Waals surface area contributed by atoms with E-state index in [1.807, 2.05) is 25.9 Å². The average Bonchev–Trinajstić information content (AvgIpc) is 2.79. The molecule has 1 aromatic rings. The molecule has 0 bridgehead atoms. The summed E-state index contributed by atoms with van der Waals surface area (Å²) in [5, 5.41) is 44.4. The van der Waals surface area contributed by atoms with Crippen molar-refractivity contribution in [2.75, 3.05) is 19.0 Å². The number of unbranched alkanes of at least 4 members (excludes halogenated alkanes) is 2. The van der Waals surface area contributed by atoms with Crippen molar-refractivity contribution in [2.45, 2.75) is 51.0 Å². The first-order valence-electron chi connectivity index (χ1n) is 12.0. The number of aliphatic hydroxyl groups is 3. The first kappa shape index (κ1) is 25.3. The third-order valence-electron chi connectivity index (χ3n) is 7.40. The summed E-state index contributed by atoms with van der Waals surface area (Å²) in [6, 6.07) is 1.74. The molecule has 1 aromatic carbocycles. The van der Waals surface area contributed by atoms with Gasteiger partial charge in [0.25, 0.3) is 5.91 Å². The van der Waals surface area contributed by atoms with Crippen molar-refractivity contribution in [3.8, 4) is 17.6 Å². The summed E-state index contributed by atoms with van der Waals surface area (Å²) in [6.07, 6.45) is 2.50. The summed E-state index contributed by atoms with van der Waals surface area (Å²) < 4.78 is 0. The summed E-state index contributed by atoms with van der Waals surface area (Å²) in [6.45, 7) is 2.05. The number of Topliss-reactive ketones (excluding diaryl/α,β-unsaturated/α-hetero) is 2. The van der Waals surface area contributed by atoms with Gasteiger partial charge >= 0.3 is 0 Å². The number of aliphatic hydroxyl groups excluding tert-OH is 2. The van der Waals surface area contributed by atoms with E-state index in [-0.39, 0.29) is 36.1 Å². The number of aromatic hydroxyl groups is 1. The number of nitrogens with zero attached hydrogens (tertiary/aromatic N) is 1. The monoisotopic (exact) mass is 494 g/mol. The fourth-order valence-electron chi connectivity index (χ4n) is 5.59. The normalized spacial score (nSPS) is 25.0. The molecule has 3 atom stereocenters. The van der Waals surface area contributed by atoms with Gasteiger partial charge in [0.1, 0.15) is 22.8 Å². The van der Waals surface area contributed by atoms with E-state index in [4.69, 9.17) is 5.73 Å². The molecular weight excluding hydrogens is 464 g/mol. The highest BCUT2D eigenvalue weighted by molar-refractivity contribution is 6.22. The first-order valence-corrected chi connectivity index (χ1v) is 12.0. The lowest BCUT2D eigenvalue weighted by Crippen LogP contribution is -2.58. The minimum Gasteiger partial charge on any atom is -0.508 e. The summed E-state index contributed by atoms with van der Waals surface area (Å²) in [4.78, 5) is 39.7. The molecule has 0 spiro atoms. The quantitative estimate of drug-likeness (QED) is 0.241. The fraction of sp³-hybridized carbons (Fsp3) is 0.444. The van der Waals surface area contributed by atoms with Gasteiger partial charge in [0.15, 0.2) is 11.4 Å². The van der Waals surface area contributed by atoms with Crippen LogP contribution in [0.2, 0.25) is 0 Å². The Kier molecular flexibility index (Phi) is 6.35. The van der Waals surface area contributed by atoms with Gasteiger partial charge in [-0.15, -0.1) is 0 Å². The van der Waals surface area contributed by atoms with Crippen LogP contribution in [0.3, 0.4) is 0 Å². The molecule has 1 amide bonds.